The highest BCUT2D eigenvalue weighted by Gasteiger charge is 2.51. The maximum Gasteiger partial charge on any atom is 0.319 e. The van der Waals surface area contributed by atoms with Gasteiger partial charge in [0.05, 0.1) is 30.8 Å². The number of rotatable bonds is 7. The van der Waals surface area contributed by atoms with Gasteiger partial charge in [0.2, 0.25) is 0 Å². The smallest absolute Gasteiger partial charge is 0.319 e. The zero-order valence-corrected chi connectivity index (χ0v) is 24.7. The molecule has 238 valence electrons. The summed E-state index contributed by atoms with van der Waals surface area (Å²) in [6.45, 7) is 1.18. The van der Waals surface area contributed by atoms with Crippen LogP contribution < -0.4 is 15.0 Å². The Kier molecular flexibility index (Phi) is 6.61. The van der Waals surface area contributed by atoms with Gasteiger partial charge in [-0.3, -0.25) is 4.90 Å². The van der Waals surface area contributed by atoms with Crippen molar-refractivity contribution in [2.24, 2.45) is 5.41 Å². The van der Waals surface area contributed by atoms with Gasteiger partial charge in [-0.1, -0.05) is 12.0 Å². The van der Waals surface area contributed by atoms with Crippen LogP contribution in [0.25, 0.3) is 32.8 Å². The Hall–Kier alpha value is -4.21. The molecule has 0 spiro atoms. The van der Waals surface area contributed by atoms with E-state index in [1.54, 1.807) is 4.90 Å². The molecule has 4 aliphatic rings. The first kappa shape index (κ1) is 29.2. The molecule has 3 aliphatic heterocycles. The lowest BCUT2D eigenvalue weighted by Gasteiger charge is -2.40. The summed E-state index contributed by atoms with van der Waals surface area (Å²) in [7, 11) is 0. The van der Waals surface area contributed by atoms with E-state index in [2.05, 4.69) is 21.2 Å². The second kappa shape index (κ2) is 10.4. The van der Waals surface area contributed by atoms with Crippen LogP contribution in [-0.4, -0.2) is 77.3 Å². The number of fused-ring (bicyclic) bond motifs is 4. The third kappa shape index (κ3) is 4.97. The molecule has 46 heavy (non-hydrogen) atoms. The van der Waals surface area contributed by atoms with Crippen LogP contribution in [0.2, 0.25) is 0 Å². The lowest BCUT2D eigenvalue weighted by Crippen LogP contribution is -2.57. The number of anilines is 1. The monoisotopic (exact) mass is 635 g/mol. The summed E-state index contributed by atoms with van der Waals surface area (Å²) in [5.74, 6) is -3.09. The predicted octanol–water partition coefficient (Wildman–Crippen LogP) is 5.60. The minimum atomic E-state index is -2.67. The zero-order chi connectivity index (χ0) is 32.0. The number of phenols is 1. The predicted molar refractivity (Wildman–Crippen MR) is 163 cm³/mol. The highest BCUT2D eigenvalue weighted by atomic mass is 19.3. The number of ether oxygens (including phenoxy) is 1. The molecular weight excluding hydrogens is 605 g/mol. The number of terminal acetylenes is 1. The molecule has 4 heterocycles. The first-order valence-electron chi connectivity index (χ1n) is 15.4. The van der Waals surface area contributed by atoms with Crippen molar-refractivity contribution in [1.29, 1.82) is 0 Å². The molecule has 12 heteroatoms. The summed E-state index contributed by atoms with van der Waals surface area (Å²) in [6.07, 6.45) is 9.14. The molecule has 0 amide bonds. The van der Waals surface area contributed by atoms with Gasteiger partial charge in [-0.2, -0.15) is 9.97 Å². The highest BCUT2D eigenvalue weighted by molar-refractivity contribution is 6.04. The third-order valence-electron chi connectivity index (χ3n) is 9.76. The van der Waals surface area contributed by atoms with E-state index in [4.69, 9.17) is 11.2 Å². The first-order chi connectivity index (χ1) is 22.0. The Morgan fingerprint density at radius 1 is 1.02 bits per heavy atom. The van der Waals surface area contributed by atoms with Crippen LogP contribution >= 0.6 is 0 Å². The number of piperazine rings is 1. The van der Waals surface area contributed by atoms with Crippen molar-refractivity contribution in [1.82, 2.24) is 20.2 Å². The van der Waals surface area contributed by atoms with E-state index >= 15 is 8.78 Å². The van der Waals surface area contributed by atoms with Gasteiger partial charge in [0.25, 0.3) is 5.92 Å². The largest absolute Gasteiger partial charge is 0.508 e. The summed E-state index contributed by atoms with van der Waals surface area (Å²) in [5.41, 5.74) is -1.37. The summed E-state index contributed by atoms with van der Waals surface area (Å²) in [5, 5.41) is 14.6. The van der Waals surface area contributed by atoms with Crippen LogP contribution in [-0.2, 0) is 0 Å². The molecule has 2 unspecified atom stereocenters. The molecule has 4 fully saturated rings. The number of phenolic OH excluding ortho intramolecular Hbond substituents is 1. The van der Waals surface area contributed by atoms with Crippen molar-refractivity contribution in [3.05, 3.63) is 53.3 Å². The van der Waals surface area contributed by atoms with E-state index in [0.29, 0.717) is 30.8 Å². The number of aromatic hydroxyl groups is 1. The Bertz CT molecular complexity index is 1940. The number of nitrogens with one attached hydrogen (secondary N) is 1. The van der Waals surface area contributed by atoms with Gasteiger partial charge in [0, 0.05) is 53.5 Å². The van der Waals surface area contributed by atoms with Crippen LogP contribution in [0.1, 0.15) is 31.2 Å². The maximum atomic E-state index is 16.8. The SMILES string of the molecule is C#Cc1c(F)ccc2cc(O)cc(-c3c(F)cc4c(N5CC6CCC(C5)N6)nc(OCC5(CN6CC(F)(F)C6)CC5)nc4c3F)c12. The van der Waals surface area contributed by atoms with E-state index in [-0.39, 0.29) is 76.4 Å². The second-order valence-electron chi connectivity index (χ2n) is 13.3. The summed E-state index contributed by atoms with van der Waals surface area (Å²) < 4.78 is 80.7. The Morgan fingerprint density at radius 3 is 2.43 bits per heavy atom. The van der Waals surface area contributed by atoms with Crippen molar-refractivity contribution < 1.29 is 31.8 Å². The van der Waals surface area contributed by atoms with E-state index in [1.807, 2.05) is 4.90 Å². The molecule has 0 radical (unpaired) electrons. The van der Waals surface area contributed by atoms with Crippen LogP contribution in [0.15, 0.2) is 30.3 Å². The summed E-state index contributed by atoms with van der Waals surface area (Å²) in [4.78, 5) is 12.8. The minimum Gasteiger partial charge on any atom is -0.508 e. The molecular formula is C34H30F5N5O2. The quantitative estimate of drug-likeness (QED) is 0.202. The molecule has 1 saturated carbocycles. The van der Waals surface area contributed by atoms with Gasteiger partial charge < -0.3 is 20.1 Å². The Labute approximate surface area is 261 Å². The van der Waals surface area contributed by atoms with Crippen molar-refractivity contribution in [2.75, 3.05) is 44.2 Å². The number of benzene rings is 3. The van der Waals surface area contributed by atoms with Gasteiger partial charge in [-0.05, 0) is 55.3 Å². The Balaban J connectivity index is 1.24. The van der Waals surface area contributed by atoms with E-state index < -0.39 is 28.9 Å². The van der Waals surface area contributed by atoms with Gasteiger partial charge in [-0.15, -0.1) is 6.42 Å². The van der Waals surface area contributed by atoms with Gasteiger partial charge in [-0.25, -0.2) is 22.0 Å². The zero-order valence-electron chi connectivity index (χ0n) is 24.7. The lowest BCUT2D eigenvalue weighted by molar-refractivity contribution is -0.137. The molecule has 3 saturated heterocycles. The molecule has 1 aliphatic carbocycles. The normalized spacial score (nSPS) is 23.0. The third-order valence-corrected chi connectivity index (χ3v) is 9.76. The molecule has 7 nitrogen and oxygen atoms in total. The fraction of sp³-hybridized carbons (Fsp3) is 0.412. The van der Waals surface area contributed by atoms with Crippen LogP contribution in [0.5, 0.6) is 11.8 Å². The molecule has 8 rings (SSSR count). The van der Waals surface area contributed by atoms with E-state index in [9.17, 15) is 18.3 Å². The molecule has 4 aromatic rings. The minimum absolute atomic E-state index is 0.0779. The van der Waals surface area contributed by atoms with Crippen molar-refractivity contribution in [2.45, 2.75) is 43.7 Å². The number of hydrogen-bond donors (Lipinski definition) is 2. The highest BCUT2D eigenvalue weighted by Crippen LogP contribution is 2.48. The summed E-state index contributed by atoms with van der Waals surface area (Å²) >= 11 is 0. The fourth-order valence-corrected chi connectivity index (χ4v) is 7.38. The molecule has 2 bridgehead atoms. The molecule has 1 aromatic heterocycles. The van der Waals surface area contributed by atoms with Gasteiger partial charge in [0.15, 0.2) is 5.82 Å². The van der Waals surface area contributed by atoms with Crippen LogP contribution in [0.4, 0.5) is 27.8 Å². The van der Waals surface area contributed by atoms with Crippen LogP contribution in [0.3, 0.4) is 0 Å². The number of halogens is 5. The topological polar surface area (TPSA) is 73.8 Å². The molecule has 2 N–H and O–H groups in total. The fourth-order valence-electron chi connectivity index (χ4n) is 7.38. The maximum absolute atomic E-state index is 16.8. The van der Waals surface area contributed by atoms with E-state index in [1.165, 1.54) is 12.1 Å². The Morgan fingerprint density at radius 2 is 1.76 bits per heavy atom. The number of likely N-dealkylation sites (tertiary alicyclic amines) is 1. The molecule has 2 atom stereocenters. The van der Waals surface area contributed by atoms with Gasteiger partial charge in [0.1, 0.15) is 28.7 Å². The first-order valence-corrected chi connectivity index (χ1v) is 15.4. The molecule has 3 aromatic carbocycles. The van der Waals surface area contributed by atoms with Gasteiger partial charge >= 0.3 is 6.01 Å². The lowest BCUT2D eigenvalue weighted by atomic mass is 9.92. The number of aromatic nitrogens is 2. The average Bonchev–Trinajstić information content (AvgIpc) is 3.68. The second-order valence-corrected chi connectivity index (χ2v) is 13.3. The van der Waals surface area contributed by atoms with E-state index in [0.717, 1.165) is 43.9 Å². The number of alkyl halides is 2. The van der Waals surface area contributed by atoms with Crippen LogP contribution in [0, 0.1) is 35.2 Å². The van der Waals surface area contributed by atoms with Crippen molar-refractivity contribution in [3.8, 4) is 35.2 Å². The average molecular weight is 636 g/mol. The van der Waals surface area contributed by atoms with Crippen molar-refractivity contribution >= 4 is 27.5 Å². The number of nitrogens with zero attached hydrogens (tertiary/aromatic N) is 4. The van der Waals surface area contributed by atoms with Crippen molar-refractivity contribution in [3.63, 3.8) is 0 Å². The standard InChI is InChI=1S/C34H30F5N5O2/c1-2-22-25(35)6-3-18-9-21(45)10-23(27(18)22)28-26(36)11-24-30(29(28)37)41-32(42-31(24)44-12-19-4-5-20(13-44)40-19)46-17-33(7-8-33)14-43-15-34(38,39)16-43/h1,3,6,9-11,19-20,40,45H,4-5,7-8,12-17H2. The summed E-state index contributed by atoms with van der Waals surface area (Å²) in [6, 6.07) is 6.46. The number of hydrogen-bond acceptors (Lipinski definition) is 7.